The maximum atomic E-state index is 5.98. The Balaban J connectivity index is 2.03. The summed E-state index contributed by atoms with van der Waals surface area (Å²) in [7, 11) is 0. The van der Waals surface area contributed by atoms with Crippen molar-refractivity contribution in [2.24, 2.45) is 0 Å². The van der Waals surface area contributed by atoms with Gasteiger partial charge in [0.25, 0.3) is 5.89 Å². The van der Waals surface area contributed by atoms with E-state index >= 15 is 0 Å². The molecule has 3 aromatic rings. The minimum atomic E-state index is 0.348. The van der Waals surface area contributed by atoms with Gasteiger partial charge in [-0.3, -0.25) is 0 Å². The summed E-state index contributed by atoms with van der Waals surface area (Å²) < 4.78 is 5.20. The molecule has 2 aromatic heterocycles. The fourth-order valence-corrected chi connectivity index (χ4v) is 1.78. The van der Waals surface area contributed by atoms with Crippen molar-refractivity contribution in [3.05, 3.63) is 53.8 Å². The molecule has 1 aromatic carbocycles. The molecule has 3 rings (SSSR count). The van der Waals surface area contributed by atoms with E-state index in [2.05, 4.69) is 15.1 Å². The molecular formula is C13H8ClN3O. The zero-order chi connectivity index (χ0) is 12.4. The number of hydrogen-bond donors (Lipinski definition) is 0. The van der Waals surface area contributed by atoms with Gasteiger partial charge in [0, 0.05) is 11.8 Å². The van der Waals surface area contributed by atoms with Crippen molar-refractivity contribution >= 4 is 11.6 Å². The van der Waals surface area contributed by atoms with Gasteiger partial charge in [0.1, 0.15) is 5.15 Å². The van der Waals surface area contributed by atoms with Crippen LogP contribution in [0.2, 0.25) is 5.15 Å². The fourth-order valence-electron chi connectivity index (χ4n) is 1.58. The van der Waals surface area contributed by atoms with Crippen LogP contribution in [0.15, 0.2) is 53.2 Å². The molecule has 0 amide bonds. The largest absolute Gasteiger partial charge is 0.333 e. The molecule has 0 fully saturated rings. The van der Waals surface area contributed by atoms with E-state index in [1.165, 1.54) is 0 Å². The lowest BCUT2D eigenvalue weighted by atomic mass is 10.2. The molecule has 18 heavy (non-hydrogen) atoms. The highest BCUT2D eigenvalue weighted by Gasteiger charge is 2.13. The number of pyridine rings is 1. The van der Waals surface area contributed by atoms with E-state index in [4.69, 9.17) is 16.1 Å². The van der Waals surface area contributed by atoms with Crippen LogP contribution >= 0.6 is 11.6 Å². The Morgan fingerprint density at radius 3 is 2.61 bits per heavy atom. The lowest BCUT2D eigenvalue weighted by Crippen LogP contribution is -1.83. The second-order valence-electron chi connectivity index (χ2n) is 3.63. The molecule has 0 aliphatic heterocycles. The quantitative estimate of drug-likeness (QED) is 0.660. The highest BCUT2D eigenvalue weighted by Crippen LogP contribution is 2.26. The average Bonchev–Trinajstić information content (AvgIpc) is 2.90. The molecule has 2 heterocycles. The van der Waals surface area contributed by atoms with Crippen molar-refractivity contribution in [2.45, 2.75) is 0 Å². The van der Waals surface area contributed by atoms with Crippen LogP contribution in [-0.2, 0) is 0 Å². The number of rotatable bonds is 2. The summed E-state index contributed by atoms with van der Waals surface area (Å²) >= 11 is 5.98. The Hall–Kier alpha value is -2.20. The first-order chi connectivity index (χ1) is 8.84. The number of hydrogen-bond acceptors (Lipinski definition) is 4. The van der Waals surface area contributed by atoms with Gasteiger partial charge in [-0.25, -0.2) is 4.98 Å². The smallest absolute Gasteiger partial charge is 0.261 e. The summed E-state index contributed by atoms with van der Waals surface area (Å²) in [6.45, 7) is 0. The summed E-state index contributed by atoms with van der Waals surface area (Å²) in [4.78, 5) is 8.28. The third-order valence-electron chi connectivity index (χ3n) is 2.45. The van der Waals surface area contributed by atoms with Crippen LogP contribution < -0.4 is 0 Å². The third-order valence-corrected chi connectivity index (χ3v) is 2.75. The summed E-state index contributed by atoms with van der Waals surface area (Å²) in [6, 6.07) is 13.2. The summed E-state index contributed by atoms with van der Waals surface area (Å²) in [6.07, 6.45) is 1.61. The Morgan fingerprint density at radius 2 is 1.83 bits per heavy atom. The highest BCUT2D eigenvalue weighted by molar-refractivity contribution is 6.31. The van der Waals surface area contributed by atoms with Crippen LogP contribution in [0.1, 0.15) is 0 Å². The van der Waals surface area contributed by atoms with E-state index in [0.717, 1.165) is 5.56 Å². The number of halogens is 1. The molecule has 4 nitrogen and oxygen atoms in total. The van der Waals surface area contributed by atoms with Crippen molar-refractivity contribution in [2.75, 3.05) is 0 Å². The van der Waals surface area contributed by atoms with Gasteiger partial charge in [-0.05, 0) is 12.1 Å². The van der Waals surface area contributed by atoms with Crippen molar-refractivity contribution in [1.29, 1.82) is 0 Å². The molecule has 0 radical (unpaired) electrons. The second-order valence-corrected chi connectivity index (χ2v) is 3.99. The Bertz CT molecular complexity index is 667. The fraction of sp³-hybridized carbons (Fsp3) is 0. The molecule has 0 saturated carbocycles. The normalized spacial score (nSPS) is 10.5. The predicted molar refractivity (Wildman–Crippen MR) is 68.0 cm³/mol. The van der Waals surface area contributed by atoms with Gasteiger partial charge < -0.3 is 4.52 Å². The van der Waals surface area contributed by atoms with Gasteiger partial charge >= 0.3 is 0 Å². The molecular weight excluding hydrogens is 250 g/mol. The Morgan fingerprint density at radius 1 is 1.00 bits per heavy atom. The van der Waals surface area contributed by atoms with E-state index in [-0.39, 0.29) is 0 Å². The predicted octanol–water partition coefficient (Wildman–Crippen LogP) is 3.45. The van der Waals surface area contributed by atoms with Crippen LogP contribution in [0, 0.1) is 0 Å². The minimum absolute atomic E-state index is 0.348. The first-order valence-electron chi connectivity index (χ1n) is 5.34. The van der Waals surface area contributed by atoms with E-state index in [9.17, 15) is 0 Å². The standard InChI is InChI=1S/C13H8ClN3O/c14-11-10(7-4-8-15-11)13-16-12(17-18-13)9-5-2-1-3-6-9/h1-8H. The van der Waals surface area contributed by atoms with E-state index in [1.54, 1.807) is 18.3 Å². The number of benzene rings is 1. The van der Waals surface area contributed by atoms with Gasteiger partial charge in [0.2, 0.25) is 5.82 Å². The van der Waals surface area contributed by atoms with E-state index < -0.39 is 0 Å². The molecule has 0 spiro atoms. The molecule has 5 heteroatoms. The van der Waals surface area contributed by atoms with Gasteiger partial charge in [-0.1, -0.05) is 47.1 Å². The van der Waals surface area contributed by atoms with Crippen LogP contribution in [0.3, 0.4) is 0 Å². The molecule has 0 unspecified atom stereocenters. The van der Waals surface area contributed by atoms with E-state index in [0.29, 0.717) is 22.4 Å². The van der Waals surface area contributed by atoms with Gasteiger partial charge in [0.15, 0.2) is 0 Å². The van der Waals surface area contributed by atoms with Crippen LogP contribution in [0.5, 0.6) is 0 Å². The summed E-state index contributed by atoms with van der Waals surface area (Å²) in [5, 5.41) is 4.28. The number of aromatic nitrogens is 3. The van der Waals surface area contributed by atoms with Crippen LogP contribution in [0.25, 0.3) is 22.8 Å². The molecule has 88 valence electrons. The third kappa shape index (κ3) is 1.98. The van der Waals surface area contributed by atoms with Crippen LogP contribution in [0.4, 0.5) is 0 Å². The molecule has 0 N–H and O–H groups in total. The highest BCUT2D eigenvalue weighted by atomic mass is 35.5. The lowest BCUT2D eigenvalue weighted by Gasteiger charge is -1.95. The maximum Gasteiger partial charge on any atom is 0.261 e. The first-order valence-corrected chi connectivity index (χ1v) is 5.72. The zero-order valence-electron chi connectivity index (χ0n) is 9.25. The molecule has 0 aliphatic rings. The summed E-state index contributed by atoms with van der Waals surface area (Å²) in [5.74, 6) is 0.900. The number of nitrogens with zero attached hydrogens (tertiary/aromatic N) is 3. The van der Waals surface area contributed by atoms with Crippen molar-refractivity contribution in [3.63, 3.8) is 0 Å². The van der Waals surface area contributed by atoms with Gasteiger partial charge in [-0.15, -0.1) is 0 Å². The van der Waals surface area contributed by atoms with E-state index in [1.807, 2.05) is 30.3 Å². The maximum absolute atomic E-state index is 5.98. The monoisotopic (exact) mass is 257 g/mol. The zero-order valence-corrected chi connectivity index (χ0v) is 10.0. The first kappa shape index (κ1) is 10.9. The van der Waals surface area contributed by atoms with Crippen LogP contribution in [-0.4, -0.2) is 15.1 Å². The van der Waals surface area contributed by atoms with Gasteiger partial charge in [-0.2, -0.15) is 4.98 Å². The topological polar surface area (TPSA) is 51.8 Å². The molecule has 0 saturated heterocycles. The summed E-state index contributed by atoms with van der Waals surface area (Å²) in [5.41, 5.74) is 1.53. The van der Waals surface area contributed by atoms with Gasteiger partial charge in [0.05, 0.1) is 5.56 Å². The Kier molecular flexibility index (Phi) is 2.78. The molecule has 0 bridgehead atoms. The minimum Gasteiger partial charge on any atom is -0.333 e. The average molecular weight is 258 g/mol. The molecule has 0 aliphatic carbocycles. The Labute approximate surface area is 108 Å². The van der Waals surface area contributed by atoms with Crippen molar-refractivity contribution in [1.82, 2.24) is 15.1 Å². The SMILES string of the molecule is Clc1ncccc1-c1nc(-c2ccccc2)no1. The van der Waals surface area contributed by atoms with Crippen molar-refractivity contribution < 1.29 is 4.52 Å². The second kappa shape index (κ2) is 4.58. The van der Waals surface area contributed by atoms with Crippen molar-refractivity contribution in [3.8, 4) is 22.8 Å². The lowest BCUT2D eigenvalue weighted by molar-refractivity contribution is 0.432. The molecule has 0 atom stereocenters.